The first-order valence-electron chi connectivity index (χ1n) is 9.55. The molecule has 0 saturated heterocycles. The topological polar surface area (TPSA) is 64.6 Å². The molecule has 2 aromatic rings. The highest BCUT2D eigenvalue weighted by Crippen LogP contribution is 2.49. The van der Waals surface area contributed by atoms with Gasteiger partial charge in [0.15, 0.2) is 0 Å². The molecule has 0 aromatic heterocycles. The molecule has 28 heavy (non-hydrogen) atoms. The number of carbonyl (C=O) groups excluding carboxylic acids is 2. The Morgan fingerprint density at radius 2 is 1.82 bits per heavy atom. The Hall–Kier alpha value is -3.08. The number of esters is 2. The maximum Gasteiger partial charge on any atom is 0.338 e. The van der Waals surface area contributed by atoms with Gasteiger partial charge in [0.25, 0.3) is 0 Å². The van der Waals surface area contributed by atoms with Crippen LogP contribution in [0.25, 0.3) is 0 Å². The lowest BCUT2D eigenvalue weighted by molar-refractivity contribution is 0.0525. The zero-order chi connectivity index (χ0) is 19.7. The third-order valence-corrected chi connectivity index (χ3v) is 5.56. The minimum absolute atomic E-state index is 0.132. The summed E-state index contributed by atoms with van der Waals surface area (Å²) in [6.07, 6.45) is 5.40. The number of rotatable bonds is 4. The van der Waals surface area contributed by atoms with Gasteiger partial charge in [0.05, 0.1) is 30.9 Å². The van der Waals surface area contributed by atoms with Crippen LogP contribution in [0.15, 0.2) is 54.6 Å². The van der Waals surface area contributed by atoms with E-state index in [2.05, 4.69) is 17.5 Å². The summed E-state index contributed by atoms with van der Waals surface area (Å²) >= 11 is 0. The molecule has 0 fully saturated rings. The fourth-order valence-corrected chi connectivity index (χ4v) is 4.21. The van der Waals surface area contributed by atoms with Crippen molar-refractivity contribution in [2.45, 2.75) is 25.3 Å². The molecule has 144 valence electrons. The van der Waals surface area contributed by atoms with Gasteiger partial charge < -0.3 is 14.8 Å². The Labute approximate surface area is 164 Å². The van der Waals surface area contributed by atoms with Crippen LogP contribution in [0, 0.1) is 5.92 Å². The number of ether oxygens (including phenoxy) is 2. The van der Waals surface area contributed by atoms with E-state index in [1.54, 1.807) is 18.2 Å². The highest BCUT2D eigenvalue weighted by molar-refractivity contribution is 5.91. The highest BCUT2D eigenvalue weighted by Gasteiger charge is 2.38. The monoisotopic (exact) mass is 377 g/mol. The van der Waals surface area contributed by atoms with Gasteiger partial charge in [-0.2, -0.15) is 0 Å². The molecule has 0 amide bonds. The molecule has 5 heteroatoms. The maximum absolute atomic E-state index is 12.1. The molecule has 0 bridgehead atoms. The van der Waals surface area contributed by atoms with Gasteiger partial charge in [0.1, 0.15) is 0 Å². The Balaban J connectivity index is 1.65. The van der Waals surface area contributed by atoms with Gasteiger partial charge >= 0.3 is 11.9 Å². The van der Waals surface area contributed by atoms with E-state index in [9.17, 15) is 9.59 Å². The lowest BCUT2D eigenvalue weighted by Gasteiger charge is -2.37. The van der Waals surface area contributed by atoms with Crippen molar-refractivity contribution in [1.82, 2.24) is 0 Å². The summed E-state index contributed by atoms with van der Waals surface area (Å²) in [4.78, 5) is 23.8. The number of allylic oxidation sites excluding steroid dienone is 2. The second-order valence-corrected chi connectivity index (χ2v) is 7.11. The summed E-state index contributed by atoms with van der Waals surface area (Å²) in [6.45, 7) is 2.17. The molecule has 1 aliphatic heterocycles. The number of benzene rings is 2. The van der Waals surface area contributed by atoms with E-state index in [-0.39, 0.29) is 23.9 Å². The fraction of sp³-hybridized carbons (Fsp3) is 0.304. The molecule has 4 rings (SSSR count). The summed E-state index contributed by atoms with van der Waals surface area (Å²) in [5.41, 5.74) is 4.42. The van der Waals surface area contributed by atoms with E-state index in [1.165, 1.54) is 7.11 Å². The average Bonchev–Trinajstić information content (AvgIpc) is 3.23. The summed E-state index contributed by atoms with van der Waals surface area (Å²) in [6, 6.07) is 13.4. The van der Waals surface area contributed by atoms with E-state index in [0.29, 0.717) is 23.7 Å². The van der Waals surface area contributed by atoms with E-state index in [1.807, 2.05) is 31.2 Å². The molecule has 0 saturated carbocycles. The van der Waals surface area contributed by atoms with E-state index < -0.39 is 0 Å². The van der Waals surface area contributed by atoms with Crippen molar-refractivity contribution in [2.24, 2.45) is 5.92 Å². The van der Waals surface area contributed by atoms with Gasteiger partial charge in [-0.25, -0.2) is 9.59 Å². The van der Waals surface area contributed by atoms with Crippen LogP contribution in [0.5, 0.6) is 0 Å². The van der Waals surface area contributed by atoms with Gasteiger partial charge in [0, 0.05) is 11.6 Å². The standard InChI is InChI=1S/C23H23NO4/c1-3-28-23(26)16-11-12-20-19(13-16)17-5-4-6-18(17)21(24-20)14-7-9-15(10-8-14)22(25)27-2/h4-5,7-13,17-18,21,24H,3,6H2,1-2H3/t17?,18?,21-/m1/s1. The lowest BCUT2D eigenvalue weighted by atomic mass is 9.76. The quantitative estimate of drug-likeness (QED) is 0.629. The fourth-order valence-electron chi connectivity index (χ4n) is 4.21. The first kappa shape index (κ1) is 18.3. The third kappa shape index (κ3) is 3.17. The van der Waals surface area contributed by atoms with E-state index in [4.69, 9.17) is 9.47 Å². The summed E-state index contributed by atoms with van der Waals surface area (Å²) in [7, 11) is 1.38. The highest BCUT2D eigenvalue weighted by atomic mass is 16.5. The van der Waals surface area contributed by atoms with Crippen molar-refractivity contribution in [3.8, 4) is 0 Å². The van der Waals surface area contributed by atoms with Crippen LogP contribution in [0.4, 0.5) is 5.69 Å². The number of hydrogen-bond acceptors (Lipinski definition) is 5. The minimum Gasteiger partial charge on any atom is -0.465 e. The van der Waals surface area contributed by atoms with Crippen LogP contribution in [0.2, 0.25) is 0 Å². The van der Waals surface area contributed by atoms with Crippen LogP contribution >= 0.6 is 0 Å². The molecule has 0 radical (unpaired) electrons. The number of nitrogens with one attached hydrogen (secondary N) is 1. The van der Waals surface area contributed by atoms with Crippen LogP contribution in [-0.2, 0) is 9.47 Å². The normalized spacial score (nSPS) is 22.0. The van der Waals surface area contributed by atoms with Crippen molar-refractivity contribution >= 4 is 17.6 Å². The van der Waals surface area contributed by atoms with Crippen LogP contribution in [0.3, 0.4) is 0 Å². The van der Waals surface area contributed by atoms with Gasteiger partial charge in [-0.15, -0.1) is 0 Å². The van der Waals surface area contributed by atoms with Crippen molar-refractivity contribution < 1.29 is 19.1 Å². The second-order valence-electron chi connectivity index (χ2n) is 7.11. The largest absolute Gasteiger partial charge is 0.465 e. The Morgan fingerprint density at radius 1 is 1.07 bits per heavy atom. The van der Waals surface area contributed by atoms with Gasteiger partial charge in [-0.05, 0) is 60.7 Å². The minimum atomic E-state index is -0.333. The number of methoxy groups -OCH3 is 1. The summed E-state index contributed by atoms with van der Waals surface area (Å²) in [5, 5.41) is 3.64. The molecule has 5 nitrogen and oxygen atoms in total. The van der Waals surface area contributed by atoms with Crippen molar-refractivity contribution in [2.75, 3.05) is 19.0 Å². The van der Waals surface area contributed by atoms with Crippen molar-refractivity contribution in [1.29, 1.82) is 0 Å². The number of anilines is 1. The third-order valence-electron chi connectivity index (χ3n) is 5.56. The molecule has 1 aliphatic carbocycles. The first-order chi connectivity index (χ1) is 13.6. The summed E-state index contributed by atoms with van der Waals surface area (Å²) < 4.78 is 9.93. The Morgan fingerprint density at radius 3 is 2.54 bits per heavy atom. The molecule has 1 N–H and O–H groups in total. The first-order valence-corrected chi connectivity index (χ1v) is 9.55. The zero-order valence-corrected chi connectivity index (χ0v) is 16.0. The lowest BCUT2D eigenvalue weighted by Crippen LogP contribution is -2.29. The summed E-state index contributed by atoms with van der Waals surface area (Å²) in [5.74, 6) is -0.0189. The predicted octanol–water partition coefficient (Wildman–Crippen LogP) is 4.48. The number of hydrogen-bond donors (Lipinski definition) is 1. The molecule has 2 aliphatic rings. The Bertz CT molecular complexity index is 932. The predicted molar refractivity (Wildman–Crippen MR) is 107 cm³/mol. The molecule has 3 atom stereocenters. The number of carbonyl (C=O) groups is 2. The Kier molecular flexibility index (Phi) is 4.90. The molecule has 2 aromatic carbocycles. The molecule has 2 unspecified atom stereocenters. The smallest absolute Gasteiger partial charge is 0.338 e. The van der Waals surface area contributed by atoms with Crippen molar-refractivity contribution in [3.63, 3.8) is 0 Å². The zero-order valence-electron chi connectivity index (χ0n) is 16.0. The van der Waals surface area contributed by atoms with Gasteiger partial charge in [-0.1, -0.05) is 24.3 Å². The van der Waals surface area contributed by atoms with Crippen LogP contribution in [-0.4, -0.2) is 25.7 Å². The molecule has 1 heterocycles. The maximum atomic E-state index is 12.1. The second kappa shape index (κ2) is 7.50. The van der Waals surface area contributed by atoms with Gasteiger partial charge in [0.2, 0.25) is 0 Å². The van der Waals surface area contributed by atoms with Crippen molar-refractivity contribution in [3.05, 3.63) is 76.9 Å². The average molecular weight is 377 g/mol. The van der Waals surface area contributed by atoms with Gasteiger partial charge in [-0.3, -0.25) is 0 Å². The molecular weight excluding hydrogens is 354 g/mol. The van der Waals surface area contributed by atoms with E-state index >= 15 is 0 Å². The van der Waals surface area contributed by atoms with Crippen LogP contribution in [0.1, 0.15) is 57.1 Å². The number of fused-ring (bicyclic) bond motifs is 3. The molecular formula is C23H23NO4. The SMILES string of the molecule is CCOC(=O)c1ccc2c(c1)C1C=CCC1[C@@H](c1ccc(C(=O)OC)cc1)N2. The van der Waals surface area contributed by atoms with E-state index in [0.717, 1.165) is 23.2 Å². The molecule has 0 spiro atoms. The van der Waals surface area contributed by atoms with Crippen LogP contribution < -0.4 is 5.32 Å².